The molecule has 2 rings (SSSR count). The zero-order valence-electron chi connectivity index (χ0n) is 15.9. The second-order valence-electron chi connectivity index (χ2n) is 5.76. The number of carbonyl (C=O) groups is 2. The van der Waals surface area contributed by atoms with Gasteiger partial charge in [0.1, 0.15) is 6.07 Å². The van der Waals surface area contributed by atoms with E-state index in [1.165, 1.54) is 19.3 Å². The van der Waals surface area contributed by atoms with Crippen molar-refractivity contribution >= 4 is 35.2 Å². The van der Waals surface area contributed by atoms with Gasteiger partial charge in [0.15, 0.2) is 24.7 Å². The maximum atomic E-state index is 12.0. The summed E-state index contributed by atoms with van der Waals surface area (Å²) in [5.74, 6) is -0.307. The molecule has 0 heterocycles. The van der Waals surface area contributed by atoms with Crippen molar-refractivity contribution in [3.63, 3.8) is 0 Å². The molecular formula is C21H19ClN2O5. The Hall–Kier alpha value is -3.50. The van der Waals surface area contributed by atoms with Gasteiger partial charge in [-0.15, -0.1) is 0 Å². The van der Waals surface area contributed by atoms with Gasteiger partial charge >= 0.3 is 5.97 Å². The molecule has 7 nitrogen and oxygen atoms in total. The number of methoxy groups -OCH3 is 1. The van der Waals surface area contributed by atoms with Crippen LogP contribution in [0.15, 0.2) is 42.5 Å². The van der Waals surface area contributed by atoms with Crippen LogP contribution in [0, 0.1) is 18.3 Å². The zero-order valence-corrected chi connectivity index (χ0v) is 16.7. The van der Waals surface area contributed by atoms with Crippen molar-refractivity contribution in [2.75, 3.05) is 25.6 Å². The number of hydrogen-bond acceptors (Lipinski definition) is 6. The van der Waals surface area contributed by atoms with Crippen LogP contribution in [0.25, 0.3) is 6.08 Å². The van der Waals surface area contributed by atoms with Gasteiger partial charge in [-0.05, 0) is 48.4 Å². The summed E-state index contributed by atoms with van der Waals surface area (Å²) in [4.78, 5) is 23.8. The van der Waals surface area contributed by atoms with Gasteiger partial charge in [-0.3, -0.25) is 4.79 Å². The summed E-state index contributed by atoms with van der Waals surface area (Å²) in [5, 5.41) is 11.7. The number of hydrogen-bond donors (Lipinski definition) is 1. The molecule has 0 aliphatic carbocycles. The number of amides is 1. The van der Waals surface area contributed by atoms with Crippen LogP contribution in [0.1, 0.15) is 11.1 Å². The third kappa shape index (κ3) is 6.55. The average molecular weight is 415 g/mol. The highest BCUT2D eigenvalue weighted by atomic mass is 35.5. The second kappa shape index (κ2) is 10.7. The molecule has 0 aromatic heterocycles. The Morgan fingerprint density at radius 3 is 2.76 bits per heavy atom. The molecule has 2 aromatic rings. The number of carbonyl (C=O) groups excluding carboxylic acids is 2. The lowest BCUT2D eigenvalue weighted by Crippen LogP contribution is -2.20. The van der Waals surface area contributed by atoms with Gasteiger partial charge in [-0.1, -0.05) is 23.7 Å². The monoisotopic (exact) mass is 414 g/mol. The second-order valence-corrected chi connectivity index (χ2v) is 6.17. The fraction of sp³-hybridized carbons (Fsp3) is 0.190. The molecule has 150 valence electrons. The van der Waals surface area contributed by atoms with E-state index in [1.807, 2.05) is 6.07 Å². The summed E-state index contributed by atoms with van der Waals surface area (Å²) >= 11 is 6.00. The summed E-state index contributed by atoms with van der Waals surface area (Å²) in [6.07, 6.45) is 2.71. The van der Waals surface area contributed by atoms with Crippen LogP contribution in [0.3, 0.4) is 0 Å². The molecule has 0 fully saturated rings. The van der Waals surface area contributed by atoms with Crippen LogP contribution < -0.4 is 14.8 Å². The fourth-order valence-electron chi connectivity index (χ4n) is 2.30. The molecule has 29 heavy (non-hydrogen) atoms. The van der Waals surface area contributed by atoms with Gasteiger partial charge in [-0.2, -0.15) is 5.26 Å². The predicted octanol–water partition coefficient (Wildman–Crippen LogP) is 3.75. The molecule has 1 N–H and O–H groups in total. The van der Waals surface area contributed by atoms with Gasteiger partial charge in [0, 0.05) is 16.8 Å². The number of anilines is 1. The smallest absolute Gasteiger partial charge is 0.331 e. The lowest BCUT2D eigenvalue weighted by molar-refractivity contribution is -0.142. The van der Waals surface area contributed by atoms with Crippen LogP contribution in [-0.2, 0) is 14.3 Å². The van der Waals surface area contributed by atoms with Crippen molar-refractivity contribution in [3.05, 3.63) is 58.6 Å². The molecule has 0 saturated heterocycles. The average Bonchev–Trinajstić information content (AvgIpc) is 2.72. The number of esters is 1. The van der Waals surface area contributed by atoms with E-state index in [9.17, 15) is 9.59 Å². The summed E-state index contributed by atoms with van der Waals surface area (Å²) in [6, 6.07) is 12.0. The Morgan fingerprint density at radius 1 is 1.24 bits per heavy atom. The highest BCUT2D eigenvalue weighted by Gasteiger charge is 2.09. The quantitative estimate of drug-likeness (QED) is 0.521. The van der Waals surface area contributed by atoms with Gasteiger partial charge in [0.25, 0.3) is 5.91 Å². The van der Waals surface area contributed by atoms with E-state index in [2.05, 4.69) is 5.32 Å². The molecule has 0 radical (unpaired) electrons. The largest absolute Gasteiger partial charge is 0.493 e. The first kappa shape index (κ1) is 21.8. The summed E-state index contributed by atoms with van der Waals surface area (Å²) in [7, 11) is 1.47. The molecule has 0 atom stereocenters. The number of halogens is 1. The Balaban J connectivity index is 1.90. The molecule has 1 amide bonds. The van der Waals surface area contributed by atoms with Crippen LogP contribution in [0.5, 0.6) is 11.5 Å². The van der Waals surface area contributed by atoms with E-state index < -0.39 is 18.5 Å². The third-order valence-corrected chi connectivity index (χ3v) is 4.19. The first-order valence-corrected chi connectivity index (χ1v) is 8.90. The normalized spacial score (nSPS) is 10.3. The van der Waals surface area contributed by atoms with Crippen LogP contribution in [0.4, 0.5) is 5.69 Å². The van der Waals surface area contributed by atoms with Gasteiger partial charge in [0.2, 0.25) is 0 Å². The van der Waals surface area contributed by atoms with E-state index in [0.29, 0.717) is 27.8 Å². The lowest BCUT2D eigenvalue weighted by atomic mass is 10.2. The topological polar surface area (TPSA) is 97.7 Å². The van der Waals surface area contributed by atoms with E-state index in [1.54, 1.807) is 43.3 Å². The molecule has 0 aliphatic rings. The van der Waals surface area contributed by atoms with E-state index in [-0.39, 0.29) is 6.61 Å². The number of nitriles is 1. The standard InChI is InChI=1S/C21H19ClN2O5/c1-14-16(22)4-3-5-17(14)24-20(25)13-29-21(26)9-7-15-6-8-18(28-11-10-23)19(12-15)27-2/h3-9,12H,11,13H2,1-2H3,(H,24,25)/b9-7+. The summed E-state index contributed by atoms with van der Waals surface area (Å²) in [5.41, 5.74) is 1.94. The number of ether oxygens (including phenoxy) is 3. The van der Waals surface area contributed by atoms with Crippen LogP contribution >= 0.6 is 11.6 Å². The molecule has 0 aliphatic heterocycles. The summed E-state index contributed by atoms with van der Waals surface area (Å²) < 4.78 is 15.4. The third-order valence-electron chi connectivity index (χ3n) is 3.78. The van der Waals surface area contributed by atoms with Gasteiger partial charge in [0.05, 0.1) is 7.11 Å². The number of nitrogens with zero attached hydrogens (tertiary/aromatic N) is 1. The highest BCUT2D eigenvalue weighted by molar-refractivity contribution is 6.31. The van der Waals surface area contributed by atoms with Crippen LogP contribution in [0.2, 0.25) is 5.02 Å². The highest BCUT2D eigenvalue weighted by Crippen LogP contribution is 2.28. The van der Waals surface area contributed by atoms with Crippen LogP contribution in [-0.4, -0.2) is 32.2 Å². The minimum Gasteiger partial charge on any atom is -0.493 e. The number of benzene rings is 2. The van der Waals surface area contributed by atoms with Gasteiger partial charge < -0.3 is 19.5 Å². The molecule has 0 unspecified atom stereocenters. The summed E-state index contributed by atoms with van der Waals surface area (Å²) in [6.45, 7) is 1.24. The Morgan fingerprint density at radius 2 is 2.03 bits per heavy atom. The maximum absolute atomic E-state index is 12.0. The Kier molecular flexibility index (Phi) is 8.07. The fourth-order valence-corrected chi connectivity index (χ4v) is 2.47. The first-order chi connectivity index (χ1) is 13.9. The molecular weight excluding hydrogens is 396 g/mol. The Labute approximate surface area is 173 Å². The SMILES string of the molecule is COc1cc(/C=C/C(=O)OCC(=O)Nc2cccc(Cl)c2C)ccc1OCC#N. The van der Waals surface area contributed by atoms with E-state index in [4.69, 9.17) is 31.1 Å². The van der Waals surface area contributed by atoms with Crippen molar-refractivity contribution in [3.8, 4) is 17.6 Å². The minimum atomic E-state index is -0.674. The number of rotatable bonds is 8. The molecule has 2 aromatic carbocycles. The van der Waals surface area contributed by atoms with E-state index in [0.717, 1.165) is 5.56 Å². The van der Waals surface area contributed by atoms with Crippen molar-refractivity contribution in [1.82, 2.24) is 0 Å². The van der Waals surface area contributed by atoms with Crippen molar-refractivity contribution in [2.45, 2.75) is 6.92 Å². The van der Waals surface area contributed by atoms with Crippen molar-refractivity contribution < 1.29 is 23.8 Å². The molecule has 0 saturated carbocycles. The number of nitrogens with one attached hydrogen (secondary N) is 1. The molecule has 0 spiro atoms. The first-order valence-electron chi connectivity index (χ1n) is 8.52. The molecule has 0 bridgehead atoms. The maximum Gasteiger partial charge on any atom is 0.331 e. The van der Waals surface area contributed by atoms with Crippen molar-refractivity contribution in [1.29, 1.82) is 5.26 Å². The minimum absolute atomic E-state index is 0.103. The molecule has 8 heteroatoms. The van der Waals surface area contributed by atoms with Crippen molar-refractivity contribution in [2.24, 2.45) is 0 Å². The Bertz CT molecular complexity index is 966. The van der Waals surface area contributed by atoms with E-state index >= 15 is 0 Å². The van der Waals surface area contributed by atoms with Gasteiger partial charge in [-0.25, -0.2) is 4.79 Å². The predicted molar refractivity (Wildman–Crippen MR) is 109 cm³/mol. The zero-order chi connectivity index (χ0) is 21.2. The lowest BCUT2D eigenvalue weighted by Gasteiger charge is -2.09.